The zero-order valence-electron chi connectivity index (χ0n) is 6.51. The third-order valence-corrected chi connectivity index (χ3v) is 2.93. The first-order valence-corrected chi connectivity index (χ1v) is 5.61. The Morgan fingerprint density at radius 1 is 1.73 bits per heavy atom. The Hall–Kier alpha value is -0.0800. The van der Waals surface area contributed by atoms with Crippen LogP contribution in [-0.2, 0) is 0 Å². The average molecular weight is 231 g/mol. The quantitative estimate of drug-likeness (QED) is 0.691. The number of halogens is 1. The summed E-state index contributed by atoms with van der Waals surface area (Å²) in [4.78, 5) is 1.38. The van der Waals surface area contributed by atoms with E-state index < -0.39 is 0 Å². The lowest BCUT2D eigenvalue weighted by Crippen LogP contribution is -1.73. The molecule has 0 nitrogen and oxygen atoms in total. The molecule has 0 unspecified atom stereocenters. The van der Waals surface area contributed by atoms with Crippen molar-refractivity contribution in [2.75, 3.05) is 5.33 Å². The minimum Gasteiger partial charge on any atom is -0.144 e. The summed E-state index contributed by atoms with van der Waals surface area (Å²) < 4.78 is 0. The first-order valence-electron chi connectivity index (χ1n) is 3.61. The SMILES string of the molecule is C/C(=C\CCBr)c1cccs1. The van der Waals surface area contributed by atoms with E-state index in [0.717, 1.165) is 11.8 Å². The van der Waals surface area contributed by atoms with Gasteiger partial charge < -0.3 is 0 Å². The van der Waals surface area contributed by atoms with Gasteiger partial charge in [0.15, 0.2) is 0 Å². The van der Waals surface area contributed by atoms with E-state index in [2.05, 4.69) is 46.4 Å². The molecule has 0 N–H and O–H groups in total. The normalized spacial score (nSPS) is 12.0. The summed E-state index contributed by atoms with van der Waals surface area (Å²) in [7, 11) is 0. The van der Waals surface area contributed by atoms with Gasteiger partial charge in [-0.2, -0.15) is 0 Å². The summed E-state index contributed by atoms with van der Waals surface area (Å²) in [5.41, 5.74) is 1.39. The molecule has 2 heteroatoms. The summed E-state index contributed by atoms with van der Waals surface area (Å²) in [5.74, 6) is 0. The fourth-order valence-corrected chi connectivity index (χ4v) is 1.83. The smallest absolute Gasteiger partial charge is 0.0296 e. The Kier molecular flexibility index (Phi) is 3.87. The monoisotopic (exact) mass is 230 g/mol. The molecule has 1 rings (SSSR count). The molecule has 1 heterocycles. The van der Waals surface area contributed by atoms with Crippen LogP contribution in [-0.4, -0.2) is 5.33 Å². The first-order chi connectivity index (χ1) is 5.34. The van der Waals surface area contributed by atoms with Crippen LogP contribution in [0.25, 0.3) is 5.57 Å². The maximum Gasteiger partial charge on any atom is 0.0296 e. The molecular weight excluding hydrogens is 220 g/mol. The number of hydrogen-bond acceptors (Lipinski definition) is 1. The molecule has 0 aliphatic rings. The second-order valence-corrected chi connectivity index (χ2v) is 4.08. The van der Waals surface area contributed by atoms with Crippen molar-refractivity contribution in [2.45, 2.75) is 13.3 Å². The molecule has 0 radical (unpaired) electrons. The Balaban J connectivity index is 2.62. The predicted octanol–water partition coefficient (Wildman–Crippen LogP) is 3.94. The zero-order chi connectivity index (χ0) is 8.10. The second-order valence-electron chi connectivity index (χ2n) is 2.34. The van der Waals surface area contributed by atoms with E-state index >= 15 is 0 Å². The van der Waals surface area contributed by atoms with Gasteiger partial charge in [0, 0.05) is 10.2 Å². The van der Waals surface area contributed by atoms with Gasteiger partial charge in [0.25, 0.3) is 0 Å². The summed E-state index contributed by atoms with van der Waals surface area (Å²) in [6.45, 7) is 2.16. The minimum absolute atomic E-state index is 1.05. The van der Waals surface area contributed by atoms with E-state index in [0.29, 0.717) is 0 Å². The summed E-state index contributed by atoms with van der Waals surface area (Å²) in [5, 5.41) is 3.16. The van der Waals surface area contributed by atoms with Crippen molar-refractivity contribution in [1.82, 2.24) is 0 Å². The molecule has 0 amide bonds. The van der Waals surface area contributed by atoms with E-state index in [9.17, 15) is 0 Å². The Labute approximate surface area is 80.1 Å². The average Bonchev–Trinajstić information content (AvgIpc) is 2.52. The molecule has 1 aromatic heterocycles. The van der Waals surface area contributed by atoms with E-state index in [-0.39, 0.29) is 0 Å². The summed E-state index contributed by atoms with van der Waals surface area (Å²) in [6, 6.07) is 4.25. The van der Waals surface area contributed by atoms with E-state index in [1.165, 1.54) is 10.5 Å². The third kappa shape index (κ3) is 2.80. The maximum atomic E-state index is 3.40. The topological polar surface area (TPSA) is 0 Å². The van der Waals surface area contributed by atoms with Crippen LogP contribution in [0.5, 0.6) is 0 Å². The molecule has 0 saturated heterocycles. The van der Waals surface area contributed by atoms with Crippen LogP contribution in [0.15, 0.2) is 23.6 Å². The first kappa shape index (κ1) is 9.01. The molecule has 1 aromatic rings. The lowest BCUT2D eigenvalue weighted by Gasteiger charge is -1.94. The number of rotatable bonds is 3. The second kappa shape index (κ2) is 4.73. The summed E-state index contributed by atoms with van der Waals surface area (Å²) in [6.07, 6.45) is 3.38. The van der Waals surface area contributed by atoms with Gasteiger partial charge in [-0.05, 0) is 30.4 Å². The molecular formula is C9H11BrS. The standard InChI is InChI=1S/C9H11BrS/c1-8(4-2-6-10)9-5-3-7-11-9/h3-5,7H,2,6H2,1H3/b8-4+. The number of allylic oxidation sites excluding steroid dienone is 2. The van der Waals surface area contributed by atoms with Gasteiger partial charge in [0.1, 0.15) is 0 Å². The van der Waals surface area contributed by atoms with Crippen molar-refractivity contribution in [3.63, 3.8) is 0 Å². The van der Waals surface area contributed by atoms with Gasteiger partial charge in [0.2, 0.25) is 0 Å². The number of alkyl halides is 1. The van der Waals surface area contributed by atoms with Gasteiger partial charge in [-0.15, -0.1) is 11.3 Å². The highest BCUT2D eigenvalue weighted by Gasteiger charge is 1.93. The van der Waals surface area contributed by atoms with Crippen LogP contribution in [0.3, 0.4) is 0 Å². The molecule has 0 bridgehead atoms. The van der Waals surface area contributed by atoms with E-state index in [1.807, 2.05) is 0 Å². The molecule has 0 fully saturated rings. The largest absolute Gasteiger partial charge is 0.144 e. The van der Waals surface area contributed by atoms with Crippen molar-refractivity contribution in [2.24, 2.45) is 0 Å². The third-order valence-electron chi connectivity index (χ3n) is 1.47. The Bertz CT molecular complexity index is 224. The van der Waals surface area contributed by atoms with Gasteiger partial charge in [-0.1, -0.05) is 28.1 Å². The van der Waals surface area contributed by atoms with Crippen LogP contribution in [0.2, 0.25) is 0 Å². The highest BCUT2D eigenvalue weighted by Crippen LogP contribution is 2.19. The minimum atomic E-state index is 1.05. The molecule has 0 aliphatic carbocycles. The zero-order valence-corrected chi connectivity index (χ0v) is 8.91. The van der Waals surface area contributed by atoms with Gasteiger partial charge >= 0.3 is 0 Å². The van der Waals surface area contributed by atoms with Crippen LogP contribution < -0.4 is 0 Å². The van der Waals surface area contributed by atoms with E-state index in [4.69, 9.17) is 0 Å². The number of thiophene rings is 1. The number of hydrogen-bond donors (Lipinski definition) is 0. The van der Waals surface area contributed by atoms with E-state index in [1.54, 1.807) is 11.3 Å². The predicted molar refractivity (Wildman–Crippen MR) is 56.4 cm³/mol. The maximum absolute atomic E-state index is 3.40. The molecule has 0 aliphatic heterocycles. The molecule has 11 heavy (non-hydrogen) atoms. The molecule has 0 aromatic carbocycles. The Morgan fingerprint density at radius 2 is 2.55 bits per heavy atom. The van der Waals surface area contributed by atoms with Crippen molar-refractivity contribution in [3.05, 3.63) is 28.5 Å². The van der Waals surface area contributed by atoms with Crippen LogP contribution in [0.1, 0.15) is 18.2 Å². The summed E-state index contributed by atoms with van der Waals surface area (Å²) >= 11 is 5.20. The lowest BCUT2D eigenvalue weighted by molar-refractivity contribution is 1.26. The van der Waals surface area contributed by atoms with Crippen LogP contribution in [0, 0.1) is 0 Å². The fraction of sp³-hybridized carbons (Fsp3) is 0.333. The van der Waals surface area contributed by atoms with Crippen molar-refractivity contribution >= 4 is 32.8 Å². The highest BCUT2D eigenvalue weighted by molar-refractivity contribution is 9.09. The van der Waals surface area contributed by atoms with Crippen LogP contribution in [0.4, 0.5) is 0 Å². The molecule has 0 atom stereocenters. The highest BCUT2D eigenvalue weighted by atomic mass is 79.9. The van der Waals surface area contributed by atoms with Crippen molar-refractivity contribution in [1.29, 1.82) is 0 Å². The molecule has 0 spiro atoms. The molecule has 60 valence electrons. The van der Waals surface area contributed by atoms with Crippen molar-refractivity contribution in [3.8, 4) is 0 Å². The Morgan fingerprint density at radius 3 is 3.09 bits per heavy atom. The lowest BCUT2D eigenvalue weighted by atomic mass is 10.2. The van der Waals surface area contributed by atoms with Gasteiger partial charge in [-0.3, -0.25) is 0 Å². The van der Waals surface area contributed by atoms with Crippen molar-refractivity contribution < 1.29 is 0 Å². The molecule has 0 saturated carbocycles. The van der Waals surface area contributed by atoms with Gasteiger partial charge in [0.05, 0.1) is 0 Å². The fourth-order valence-electron chi connectivity index (χ4n) is 0.875. The van der Waals surface area contributed by atoms with Gasteiger partial charge in [-0.25, -0.2) is 0 Å². The van der Waals surface area contributed by atoms with Crippen LogP contribution >= 0.6 is 27.3 Å².